The highest BCUT2D eigenvalue weighted by atomic mass is 127. The van der Waals surface area contributed by atoms with Gasteiger partial charge in [0.05, 0.1) is 18.2 Å². The minimum Gasteiger partial charge on any atom is -0.345 e. The smallest absolute Gasteiger partial charge is 0.0924 e. The number of imidazole rings is 1. The third-order valence-corrected chi connectivity index (χ3v) is 4.05. The van der Waals surface area contributed by atoms with Gasteiger partial charge < -0.3 is 4.98 Å². The lowest BCUT2D eigenvalue weighted by Crippen LogP contribution is -1.79. The number of aromatic amines is 1. The fraction of sp³-hybridized carbons (Fsp3) is 0. The average molecular weight is 349 g/mol. The number of nitrogens with one attached hydrogen (secondary N) is 1. The zero-order valence-electron chi connectivity index (χ0n) is 6.59. The Labute approximate surface area is 98.0 Å². The van der Waals surface area contributed by atoms with Crippen LogP contribution in [0.4, 0.5) is 0 Å². The molecule has 0 amide bonds. The van der Waals surface area contributed by atoms with Crippen LogP contribution >= 0.6 is 38.5 Å². The van der Waals surface area contributed by atoms with Gasteiger partial charge in [0.2, 0.25) is 0 Å². The maximum absolute atomic E-state index is 3.98. The molecule has 2 nitrogen and oxygen atoms in total. The predicted octanol–water partition coefficient (Wildman–Crippen LogP) is 3.44. The Kier molecular flexibility index (Phi) is 2.69. The number of halogens is 2. The Morgan fingerprint density at radius 1 is 1.38 bits per heavy atom. The summed E-state index contributed by atoms with van der Waals surface area (Å²) in [6, 6.07) is 6.20. The lowest BCUT2D eigenvalue weighted by molar-refractivity contribution is 1.31. The van der Waals surface area contributed by atoms with Gasteiger partial charge in [-0.3, -0.25) is 0 Å². The SMILES string of the molecule is Brc1ccc(-c2cnc[nH]2)cc1I. The second kappa shape index (κ2) is 3.79. The molecule has 1 N–H and O–H groups in total. The van der Waals surface area contributed by atoms with Gasteiger partial charge in [0, 0.05) is 13.6 Å². The molecule has 0 aliphatic heterocycles. The first-order valence-electron chi connectivity index (χ1n) is 3.71. The van der Waals surface area contributed by atoms with Gasteiger partial charge in [-0.05, 0) is 50.7 Å². The maximum atomic E-state index is 3.98. The zero-order chi connectivity index (χ0) is 9.26. The highest BCUT2D eigenvalue weighted by Gasteiger charge is 2.01. The van der Waals surface area contributed by atoms with Crippen molar-refractivity contribution in [1.29, 1.82) is 0 Å². The number of aromatic nitrogens is 2. The third kappa shape index (κ3) is 1.94. The van der Waals surface area contributed by atoms with E-state index in [1.807, 2.05) is 12.3 Å². The molecule has 1 aromatic carbocycles. The molecule has 0 saturated heterocycles. The van der Waals surface area contributed by atoms with E-state index in [9.17, 15) is 0 Å². The molecule has 4 heteroatoms. The molecule has 1 aromatic heterocycles. The van der Waals surface area contributed by atoms with Crippen molar-refractivity contribution in [2.75, 3.05) is 0 Å². The first kappa shape index (κ1) is 9.21. The van der Waals surface area contributed by atoms with Crippen molar-refractivity contribution in [1.82, 2.24) is 9.97 Å². The quantitative estimate of drug-likeness (QED) is 0.786. The maximum Gasteiger partial charge on any atom is 0.0924 e. The van der Waals surface area contributed by atoms with Crippen molar-refractivity contribution in [3.63, 3.8) is 0 Å². The number of nitrogens with zero attached hydrogens (tertiary/aromatic N) is 1. The minimum absolute atomic E-state index is 1.05. The zero-order valence-corrected chi connectivity index (χ0v) is 10.3. The largest absolute Gasteiger partial charge is 0.345 e. The second-order valence-electron chi connectivity index (χ2n) is 2.59. The number of hydrogen-bond donors (Lipinski definition) is 1. The Morgan fingerprint density at radius 3 is 2.85 bits per heavy atom. The van der Waals surface area contributed by atoms with Crippen molar-refractivity contribution in [3.8, 4) is 11.3 Å². The first-order valence-corrected chi connectivity index (χ1v) is 5.58. The van der Waals surface area contributed by atoms with E-state index >= 15 is 0 Å². The molecule has 66 valence electrons. The Balaban J connectivity index is 2.49. The predicted molar refractivity (Wildman–Crippen MR) is 64.4 cm³/mol. The van der Waals surface area contributed by atoms with Crippen molar-refractivity contribution < 1.29 is 0 Å². The van der Waals surface area contributed by atoms with Crippen LogP contribution < -0.4 is 0 Å². The molecule has 0 aliphatic carbocycles. The van der Waals surface area contributed by atoms with Crippen molar-refractivity contribution >= 4 is 38.5 Å². The molecule has 0 fully saturated rings. The van der Waals surface area contributed by atoms with E-state index in [1.54, 1.807) is 6.33 Å². The van der Waals surface area contributed by atoms with E-state index in [4.69, 9.17) is 0 Å². The highest BCUT2D eigenvalue weighted by molar-refractivity contribution is 14.1. The van der Waals surface area contributed by atoms with Crippen LogP contribution in [0.5, 0.6) is 0 Å². The fourth-order valence-electron chi connectivity index (χ4n) is 1.08. The van der Waals surface area contributed by atoms with Gasteiger partial charge in [0.25, 0.3) is 0 Å². The molecule has 0 bridgehead atoms. The summed E-state index contributed by atoms with van der Waals surface area (Å²) in [5, 5.41) is 0. The van der Waals surface area contributed by atoms with Crippen LogP contribution in [0.1, 0.15) is 0 Å². The summed E-state index contributed by atoms with van der Waals surface area (Å²) in [6.45, 7) is 0. The van der Waals surface area contributed by atoms with Gasteiger partial charge in [-0.25, -0.2) is 4.98 Å². The average Bonchev–Trinajstić information content (AvgIpc) is 2.62. The second-order valence-corrected chi connectivity index (χ2v) is 4.61. The normalized spacial score (nSPS) is 10.3. The van der Waals surface area contributed by atoms with Crippen LogP contribution in [0.3, 0.4) is 0 Å². The first-order chi connectivity index (χ1) is 6.27. The Morgan fingerprint density at radius 2 is 2.23 bits per heavy atom. The van der Waals surface area contributed by atoms with Crippen LogP contribution in [0.15, 0.2) is 35.2 Å². The number of H-pyrrole nitrogens is 1. The molecule has 0 unspecified atom stereocenters. The molecule has 0 atom stereocenters. The van der Waals surface area contributed by atoms with Crippen LogP contribution in [-0.4, -0.2) is 9.97 Å². The molecule has 0 spiro atoms. The summed E-state index contributed by atoms with van der Waals surface area (Å²) in [7, 11) is 0. The van der Waals surface area contributed by atoms with Crippen LogP contribution in [0.2, 0.25) is 0 Å². The van der Waals surface area contributed by atoms with Gasteiger partial charge >= 0.3 is 0 Å². The molecule has 0 aliphatic rings. The Hall–Kier alpha value is -0.360. The molecule has 0 saturated carbocycles. The third-order valence-electron chi connectivity index (χ3n) is 1.73. The molecular weight excluding hydrogens is 343 g/mol. The number of benzene rings is 1. The fourth-order valence-corrected chi connectivity index (χ4v) is 1.84. The highest BCUT2D eigenvalue weighted by Crippen LogP contribution is 2.24. The van der Waals surface area contributed by atoms with Gasteiger partial charge in [-0.1, -0.05) is 6.07 Å². The van der Waals surface area contributed by atoms with Gasteiger partial charge in [0.15, 0.2) is 0 Å². The molecule has 0 radical (unpaired) electrons. The van der Waals surface area contributed by atoms with E-state index < -0.39 is 0 Å². The number of hydrogen-bond acceptors (Lipinski definition) is 1. The van der Waals surface area contributed by atoms with E-state index in [2.05, 4.69) is 60.6 Å². The molecule has 2 rings (SSSR count). The topological polar surface area (TPSA) is 28.7 Å². The summed E-state index contributed by atoms with van der Waals surface area (Å²) in [6.07, 6.45) is 3.50. The van der Waals surface area contributed by atoms with Crippen molar-refractivity contribution in [2.24, 2.45) is 0 Å². The molecular formula is C9H6BrIN2. The van der Waals surface area contributed by atoms with Crippen molar-refractivity contribution in [3.05, 3.63) is 38.8 Å². The van der Waals surface area contributed by atoms with Crippen LogP contribution in [-0.2, 0) is 0 Å². The monoisotopic (exact) mass is 348 g/mol. The van der Waals surface area contributed by atoms with E-state index in [0.717, 1.165) is 15.7 Å². The summed E-state index contributed by atoms with van der Waals surface area (Å²) < 4.78 is 2.32. The van der Waals surface area contributed by atoms with E-state index in [-0.39, 0.29) is 0 Å². The summed E-state index contributed by atoms with van der Waals surface area (Å²) in [4.78, 5) is 7.05. The van der Waals surface area contributed by atoms with Gasteiger partial charge in [-0.2, -0.15) is 0 Å². The lowest BCUT2D eigenvalue weighted by Gasteiger charge is -1.99. The summed E-state index contributed by atoms with van der Waals surface area (Å²) in [5.41, 5.74) is 2.20. The molecule has 13 heavy (non-hydrogen) atoms. The van der Waals surface area contributed by atoms with Gasteiger partial charge in [0.1, 0.15) is 0 Å². The standard InChI is InChI=1S/C9H6BrIN2/c10-7-2-1-6(3-8(7)11)9-4-12-5-13-9/h1-5H,(H,12,13). The van der Waals surface area contributed by atoms with Crippen LogP contribution in [0.25, 0.3) is 11.3 Å². The summed E-state index contributed by atoms with van der Waals surface area (Å²) >= 11 is 5.75. The van der Waals surface area contributed by atoms with E-state index in [1.165, 1.54) is 3.57 Å². The Bertz CT molecular complexity index is 412. The molecule has 2 aromatic rings. The van der Waals surface area contributed by atoms with Crippen molar-refractivity contribution in [2.45, 2.75) is 0 Å². The lowest BCUT2D eigenvalue weighted by atomic mass is 10.2. The van der Waals surface area contributed by atoms with E-state index in [0.29, 0.717) is 0 Å². The van der Waals surface area contributed by atoms with Crippen LogP contribution in [0, 0.1) is 3.57 Å². The minimum atomic E-state index is 1.05. The van der Waals surface area contributed by atoms with Gasteiger partial charge in [-0.15, -0.1) is 0 Å². The molecule has 1 heterocycles. The number of rotatable bonds is 1. The summed E-state index contributed by atoms with van der Waals surface area (Å²) in [5.74, 6) is 0.